The van der Waals surface area contributed by atoms with E-state index in [1.165, 1.54) is 4.90 Å². The summed E-state index contributed by atoms with van der Waals surface area (Å²) < 4.78 is 26.1. The van der Waals surface area contributed by atoms with E-state index in [1.807, 2.05) is 19.1 Å². The standard InChI is InChI=1S/C23H29Cl2N3O4S/c1-5-17-10-12-18(13-11-17)28(33(4,31)32)15-22(29)27(16(3)23(30)26-6-2)14-19-20(24)8-7-9-21(19)25/h7-13,16H,5-6,14-15H2,1-4H3,(H,26,30). The second kappa shape index (κ2) is 11.7. The van der Waals surface area contributed by atoms with Crippen LogP contribution in [0.3, 0.4) is 0 Å². The molecule has 0 saturated heterocycles. The van der Waals surface area contributed by atoms with Crippen molar-refractivity contribution in [3.05, 3.63) is 63.6 Å². The van der Waals surface area contributed by atoms with Crippen molar-refractivity contribution >= 4 is 50.7 Å². The van der Waals surface area contributed by atoms with Crippen molar-refractivity contribution in [2.24, 2.45) is 0 Å². The number of hydrogen-bond acceptors (Lipinski definition) is 4. The molecule has 2 rings (SSSR count). The minimum Gasteiger partial charge on any atom is -0.355 e. The molecule has 0 aliphatic rings. The number of likely N-dealkylation sites (N-methyl/N-ethyl adjacent to an activating group) is 1. The number of nitrogens with one attached hydrogen (secondary N) is 1. The van der Waals surface area contributed by atoms with E-state index in [4.69, 9.17) is 23.2 Å². The van der Waals surface area contributed by atoms with Gasteiger partial charge in [0.2, 0.25) is 21.8 Å². The summed E-state index contributed by atoms with van der Waals surface area (Å²) >= 11 is 12.6. The molecule has 7 nitrogen and oxygen atoms in total. The number of halogens is 2. The minimum absolute atomic E-state index is 0.0536. The fourth-order valence-corrected chi connectivity index (χ4v) is 4.64. The molecule has 0 aromatic heterocycles. The summed E-state index contributed by atoms with van der Waals surface area (Å²) in [7, 11) is -3.78. The van der Waals surface area contributed by atoms with E-state index in [2.05, 4.69) is 5.32 Å². The van der Waals surface area contributed by atoms with Crippen molar-refractivity contribution in [1.29, 1.82) is 0 Å². The quantitative estimate of drug-likeness (QED) is 0.522. The average Bonchev–Trinajstić information content (AvgIpc) is 2.76. The van der Waals surface area contributed by atoms with Crippen molar-refractivity contribution in [2.75, 3.05) is 23.7 Å². The zero-order chi connectivity index (χ0) is 24.8. The molecule has 180 valence electrons. The zero-order valence-corrected chi connectivity index (χ0v) is 21.5. The van der Waals surface area contributed by atoms with Crippen molar-refractivity contribution in [2.45, 2.75) is 39.8 Å². The van der Waals surface area contributed by atoms with Gasteiger partial charge >= 0.3 is 0 Å². The maximum absolute atomic E-state index is 13.4. The van der Waals surface area contributed by atoms with E-state index in [-0.39, 0.29) is 12.5 Å². The van der Waals surface area contributed by atoms with Crippen LogP contribution in [-0.4, -0.2) is 50.5 Å². The molecular formula is C23H29Cl2N3O4S. The number of aryl methyl sites for hydroxylation is 1. The van der Waals surface area contributed by atoms with Gasteiger partial charge in [-0.1, -0.05) is 48.3 Å². The number of anilines is 1. The topological polar surface area (TPSA) is 86.8 Å². The number of hydrogen-bond donors (Lipinski definition) is 1. The molecule has 33 heavy (non-hydrogen) atoms. The monoisotopic (exact) mass is 513 g/mol. The lowest BCUT2D eigenvalue weighted by molar-refractivity contribution is -0.139. The normalized spacial score (nSPS) is 12.2. The molecule has 1 unspecified atom stereocenters. The highest BCUT2D eigenvalue weighted by Crippen LogP contribution is 2.27. The smallest absolute Gasteiger partial charge is 0.244 e. The van der Waals surface area contributed by atoms with Crippen LogP contribution in [0.1, 0.15) is 31.9 Å². The first kappa shape index (κ1) is 27.0. The first-order valence-corrected chi connectivity index (χ1v) is 13.2. The summed E-state index contributed by atoms with van der Waals surface area (Å²) in [5, 5.41) is 3.38. The third-order valence-electron chi connectivity index (χ3n) is 5.22. The Kier molecular flexibility index (Phi) is 9.57. The van der Waals surface area contributed by atoms with Crippen LogP contribution in [0.25, 0.3) is 0 Å². The van der Waals surface area contributed by atoms with E-state index in [1.54, 1.807) is 44.2 Å². The number of rotatable bonds is 10. The molecular weight excluding hydrogens is 485 g/mol. The highest BCUT2D eigenvalue weighted by Gasteiger charge is 2.30. The van der Waals surface area contributed by atoms with Gasteiger partial charge < -0.3 is 10.2 Å². The Morgan fingerprint density at radius 2 is 1.61 bits per heavy atom. The van der Waals surface area contributed by atoms with E-state index in [9.17, 15) is 18.0 Å². The summed E-state index contributed by atoms with van der Waals surface area (Å²) in [5.41, 5.74) is 1.88. The van der Waals surface area contributed by atoms with Crippen LogP contribution < -0.4 is 9.62 Å². The number of amides is 2. The Labute approximate surface area is 205 Å². The van der Waals surface area contributed by atoms with Gasteiger partial charge in [0.05, 0.1) is 11.9 Å². The molecule has 0 saturated carbocycles. The molecule has 0 aliphatic carbocycles. The van der Waals surface area contributed by atoms with Crippen LogP contribution in [-0.2, 0) is 32.6 Å². The van der Waals surface area contributed by atoms with Crippen LogP contribution in [0.5, 0.6) is 0 Å². The number of carbonyl (C=O) groups excluding carboxylic acids is 2. The highest BCUT2D eigenvalue weighted by atomic mass is 35.5. The zero-order valence-electron chi connectivity index (χ0n) is 19.1. The molecule has 2 amide bonds. The van der Waals surface area contributed by atoms with Crippen molar-refractivity contribution < 1.29 is 18.0 Å². The maximum Gasteiger partial charge on any atom is 0.244 e. The summed E-state index contributed by atoms with van der Waals surface area (Å²) in [6.07, 6.45) is 1.84. The SMILES string of the molecule is CCNC(=O)C(C)N(Cc1c(Cl)cccc1Cl)C(=O)CN(c1ccc(CC)cc1)S(C)(=O)=O. The second-order valence-electron chi connectivity index (χ2n) is 7.58. The van der Waals surface area contributed by atoms with E-state index < -0.39 is 28.5 Å². The predicted octanol–water partition coefficient (Wildman–Crippen LogP) is 3.88. The molecule has 0 bridgehead atoms. The average molecular weight is 514 g/mol. The van der Waals surface area contributed by atoms with Gasteiger partial charge in [0, 0.05) is 28.7 Å². The first-order chi connectivity index (χ1) is 15.5. The first-order valence-electron chi connectivity index (χ1n) is 10.6. The summed E-state index contributed by atoms with van der Waals surface area (Å²) in [6, 6.07) is 11.0. The molecule has 10 heteroatoms. The fraction of sp³-hybridized carbons (Fsp3) is 0.391. The molecule has 2 aromatic rings. The van der Waals surface area contributed by atoms with Gasteiger partial charge in [-0.25, -0.2) is 8.42 Å². The Hall–Kier alpha value is -2.29. The molecule has 0 fully saturated rings. The van der Waals surface area contributed by atoms with Gasteiger partial charge in [0.15, 0.2) is 0 Å². The van der Waals surface area contributed by atoms with Gasteiger partial charge in [0.1, 0.15) is 12.6 Å². The predicted molar refractivity (Wildman–Crippen MR) is 133 cm³/mol. The fourth-order valence-electron chi connectivity index (χ4n) is 3.27. The number of carbonyl (C=O) groups is 2. The molecule has 2 aromatic carbocycles. The van der Waals surface area contributed by atoms with Gasteiger partial charge in [0.25, 0.3) is 0 Å². The van der Waals surface area contributed by atoms with Crippen LogP contribution in [0.4, 0.5) is 5.69 Å². The lowest BCUT2D eigenvalue weighted by atomic mass is 10.1. The second-order valence-corrected chi connectivity index (χ2v) is 10.3. The maximum atomic E-state index is 13.4. The van der Waals surface area contributed by atoms with E-state index in [0.717, 1.165) is 22.5 Å². The minimum atomic E-state index is -3.78. The Balaban J connectivity index is 2.43. The Morgan fingerprint density at radius 3 is 2.09 bits per heavy atom. The van der Waals surface area contributed by atoms with E-state index >= 15 is 0 Å². The van der Waals surface area contributed by atoms with Crippen molar-refractivity contribution in [3.63, 3.8) is 0 Å². The number of sulfonamides is 1. The summed E-state index contributed by atoms with van der Waals surface area (Å²) in [5.74, 6) is -0.929. The molecule has 0 heterocycles. The molecule has 1 N–H and O–H groups in total. The number of nitrogens with zero attached hydrogens (tertiary/aromatic N) is 2. The lowest BCUT2D eigenvalue weighted by Gasteiger charge is -2.31. The third-order valence-corrected chi connectivity index (χ3v) is 7.07. The molecule has 0 spiro atoms. The van der Waals surface area contributed by atoms with Crippen LogP contribution in [0, 0.1) is 0 Å². The van der Waals surface area contributed by atoms with Crippen LogP contribution in [0.15, 0.2) is 42.5 Å². The van der Waals surface area contributed by atoms with Crippen LogP contribution in [0.2, 0.25) is 10.0 Å². The van der Waals surface area contributed by atoms with Crippen molar-refractivity contribution in [3.8, 4) is 0 Å². The van der Waals surface area contributed by atoms with Gasteiger partial charge in [-0.3, -0.25) is 13.9 Å². The third kappa shape index (κ3) is 7.09. The Morgan fingerprint density at radius 1 is 1.03 bits per heavy atom. The summed E-state index contributed by atoms with van der Waals surface area (Å²) in [4.78, 5) is 27.3. The summed E-state index contributed by atoms with van der Waals surface area (Å²) in [6.45, 7) is 5.20. The molecule has 0 aliphatic heterocycles. The van der Waals surface area contributed by atoms with Gasteiger partial charge in [-0.15, -0.1) is 0 Å². The Bertz CT molecular complexity index is 1070. The van der Waals surface area contributed by atoms with Gasteiger partial charge in [-0.05, 0) is 50.1 Å². The van der Waals surface area contributed by atoms with Crippen LogP contribution >= 0.6 is 23.2 Å². The van der Waals surface area contributed by atoms with Crippen molar-refractivity contribution in [1.82, 2.24) is 10.2 Å². The molecule has 1 atom stereocenters. The highest BCUT2D eigenvalue weighted by molar-refractivity contribution is 7.92. The largest absolute Gasteiger partial charge is 0.355 e. The number of benzene rings is 2. The van der Waals surface area contributed by atoms with E-state index in [0.29, 0.717) is 27.8 Å². The molecule has 0 radical (unpaired) electrons. The van der Waals surface area contributed by atoms with Gasteiger partial charge in [-0.2, -0.15) is 0 Å². The lowest BCUT2D eigenvalue weighted by Crippen LogP contribution is -2.51.